The van der Waals surface area contributed by atoms with E-state index in [1.807, 2.05) is 12.1 Å². The monoisotopic (exact) mass is 254 g/mol. The minimum atomic E-state index is 0.277. The number of hydrogen-bond acceptors (Lipinski definition) is 3. The van der Waals surface area contributed by atoms with E-state index >= 15 is 0 Å². The lowest BCUT2D eigenvalue weighted by Crippen LogP contribution is -2.44. The van der Waals surface area contributed by atoms with E-state index in [9.17, 15) is 0 Å². The van der Waals surface area contributed by atoms with Crippen molar-refractivity contribution < 1.29 is 4.74 Å². The lowest BCUT2D eigenvalue weighted by Gasteiger charge is -2.38. The summed E-state index contributed by atoms with van der Waals surface area (Å²) in [5, 5.41) is 0.680. The second-order valence-electron chi connectivity index (χ2n) is 4.69. The molecule has 1 aromatic carbocycles. The van der Waals surface area contributed by atoms with Crippen LogP contribution in [0.3, 0.4) is 0 Å². The van der Waals surface area contributed by atoms with Gasteiger partial charge in [0.15, 0.2) is 0 Å². The maximum Gasteiger partial charge on any atom is 0.0772 e. The number of anilines is 2. The Hall–Kier alpha value is -0.930. The maximum atomic E-state index is 6.01. The van der Waals surface area contributed by atoms with Crippen molar-refractivity contribution in [2.75, 3.05) is 30.8 Å². The van der Waals surface area contributed by atoms with Crippen LogP contribution in [0.2, 0.25) is 5.02 Å². The van der Waals surface area contributed by atoms with Gasteiger partial charge in [-0.3, -0.25) is 0 Å². The van der Waals surface area contributed by atoms with Crippen molar-refractivity contribution in [2.45, 2.75) is 19.4 Å². The van der Waals surface area contributed by atoms with Gasteiger partial charge in [-0.2, -0.15) is 0 Å². The van der Waals surface area contributed by atoms with Crippen LogP contribution in [0.5, 0.6) is 0 Å². The summed E-state index contributed by atoms with van der Waals surface area (Å²) in [7, 11) is 1.77. The Bertz CT molecular complexity index is 397. The van der Waals surface area contributed by atoms with Crippen LogP contribution in [0.25, 0.3) is 0 Å². The molecule has 0 aromatic heterocycles. The van der Waals surface area contributed by atoms with Crippen LogP contribution in [0, 0.1) is 5.92 Å². The number of halogens is 1. The number of ether oxygens (including phenoxy) is 1. The molecular weight excluding hydrogens is 236 g/mol. The van der Waals surface area contributed by atoms with Gasteiger partial charge in [-0.15, -0.1) is 0 Å². The first-order chi connectivity index (χ1) is 8.11. The molecule has 2 atom stereocenters. The summed E-state index contributed by atoms with van der Waals surface area (Å²) in [5.41, 5.74) is 7.80. The third-order valence-corrected chi connectivity index (χ3v) is 3.76. The number of hydrogen-bond donors (Lipinski definition) is 1. The van der Waals surface area contributed by atoms with Crippen LogP contribution < -0.4 is 10.6 Å². The van der Waals surface area contributed by atoms with Gasteiger partial charge in [0.05, 0.1) is 17.5 Å². The number of nitrogens with two attached hydrogens (primary N) is 1. The van der Waals surface area contributed by atoms with Gasteiger partial charge in [-0.05, 0) is 30.5 Å². The Labute approximate surface area is 107 Å². The summed E-state index contributed by atoms with van der Waals surface area (Å²) < 4.78 is 5.51. The molecule has 2 N–H and O–H groups in total. The van der Waals surface area contributed by atoms with Gasteiger partial charge in [0.2, 0.25) is 0 Å². The second kappa shape index (κ2) is 5.15. The predicted molar refractivity (Wildman–Crippen MR) is 72.7 cm³/mol. The van der Waals surface area contributed by atoms with Crippen molar-refractivity contribution >= 4 is 23.0 Å². The van der Waals surface area contributed by atoms with Crippen molar-refractivity contribution in [1.82, 2.24) is 0 Å². The van der Waals surface area contributed by atoms with Gasteiger partial charge in [0.25, 0.3) is 0 Å². The molecule has 0 aliphatic carbocycles. The van der Waals surface area contributed by atoms with Gasteiger partial charge < -0.3 is 15.4 Å². The van der Waals surface area contributed by atoms with E-state index in [0.717, 1.165) is 30.9 Å². The lowest BCUT2D eigenvalue weighted by molar-refractivity contribution is 0.0499. The highest BCUT2D eigenvalue weighted by Crippen LogP contribution is 2.30. The highest BCUT2D eigenvalue weighted by atomic mass is 35.5. The molecular formula is C13H19ClN2O. The first-order valence-electron chi connectivity index (χ1n) is 5.94. The normalized spacial score (nSPS) is 25.0. The predicted octanol–water partition coefficient (Wildman–Crippen LogP) is 2.78. The Morgan fingerprint density at radius 3 is 2.88 bits per heavy atom. The molecule has 17 heavy (non-hydrogen) atoms. The number of nitrogen functional groups attached to an aromatic ring is 1. The third kappa shape index (κ3) is 2.67. The van der Waals surface area contributed by atoms with E-state index in [4.69, 9.17) is 22.1 Å². The average Bonchev–Trinajstić information content (AvgIpc) is 2.30. The Morgan fingerprint density at radius 2 is 2.24 bits per heavy atom. The van der Waals surface area contributed by atoms with E-state index in [1.54, 1.807) is 13.2 Å². The molecule has 2 unspecified atom stereocenters. The largest absolute Gasteiger partial charge is 0.397 e. The fraction of sp³-hybridized carbons (Fsp3) is 0.538. The Morgan fingerprint density at radius 1 is 1.47 bits per heavy atom. The zero-order valence-corrected chi connectivity index (χ0v) is 11.1. The van der Waals surface area contributed by atoms with Crippen molar-refractivity contribution in [2.24, 2.45) is 5.92 Å². The lowest BCUT2D eigenvalue weighted by atomic mass is 9.95. The van der Waals surface area contributed by atoms with E-state index in [-0.39, 0.29) is 6.10 Å². The van der Waals surface area contributed by atoms with Gasteiger partial charge in [-0.25, -0.2) is 0 Å². The Balaban J connectivity index is 2.17. The fourth-order valence-electron chi connectivity index (χ4n) is 2.37. The molecule has 0 bridgehead atoms. The van der Waals surface area contributed by atoms with Crippen molar-refractivity contribution in [3.05, 3.63) is 23.2 Å². The summed E-state index contributed by atoms with van der Waals surface area (Å²) in [6, 6.07) is 5.67. The number of piperidine rings is 1. The average molecular weight is 255 g/mol. The van der Waals surface area contributed by atoms with Crippen LogP contribution >= 0.6 is 11.6 Å². The van der Waals surface area contributed by atoms with Gasteiger partial charge >= 0.3 is 0 Å². The summed E-state index contributed by atoms with van der Waals surface area (Å²) in [4.78, 5) is 2.28. The molecule has 1 fully saturated rings. The zero-order valence-electron chi connectivity index (χ0n) is 10.3. The molecule has 0 radical (unpaired) electrons. The van der Waals surface area contributed by atoms with Crippen molar-refractivity contribution in [1.29, 1.82) is 0 Å². The molecule has 4 heteroatoms. The molecule has 1 aliphatic heterocycles. The first kappa shape index (κ1) is 12.5. The molecule has 2 rings (SSSR count). The van der Waals surface area contributed by atoms with Crippen LogP contribution in [0.15, 0.2) is 18.2 Å². The highest BCUT2D eigenvalue weighted by molar-refractivity contribution is 6.31. The molecule has 0 saturated carbocycles. The minimum Gasteiger partial charge on any atom is -0.397 e. The SMILES string of the molecule is COC1CN(c2ccc(Cl)cc2N)CCC1C. The smallest absolute Gasteiger partial charge is 0.0772 e. The molecule has 1 heterocycles. The molecule has 3 nitrogen and oxygen atoms in total. The molecule has 1 aromatic rings. The minimum absolute atomic E-state index is 0.277. The van der Waals surface area contributed by atoms with Crippen LogP contribution in [0.1, 0.15) is 13.3 Å². The van der Waals surface area contributed by atoms with Crippen LogP contribution in [0.4, 0.5) is 11.4 Å². The van der Waals surface area contributed by atoms with Crippen LogP contribution in [-0.4, -0.2) is 26.3 Å². The molecule has 0 amide bonds. The maximum absolute atomic E-state index is 6.01. The summed E-state index contributed by atoms with van der Waals surface area (Å²) in [5.74, 6) is 0.602. The number of benzene rings is 1. The number of rotatable bonds is 2. The van der Waals surface area contributed by atoms with Gasteiger partial charge in [0, 0.05) is 25.2 Å². The third-order valence-electron chi connectivity index (χ3n) is 3.52. The highest BCUT2D eigenvalue weighted by Gasteiger charge is 2.26. The summed E-state index contributed by atoms with van der Waals surface area (Å²) in [6.45, 7) is 4.15. The molecule has 1 saturated heterocycles. The van der Waals surface area contributed by atoms with E-state index in [1.165, 1.54) is 0 Å². The molecule has 1 aliphatic rings. The molecule has 94 valence electrons. The quantitative estimate of drug-likeness (QED) is 0.825. The standard InChI is InChI=1S/C13H19ClN2O/c1-9-5-6-16(8-13(9)17-2)12-4-3-10(14)7-11(12)15/h3-4,7,9,13H,5-6,8,15H2,1-2H3. The van der Waals surface area contributed by atoms with Crippen LogP contribution in [-0.2, 0) is 4.74 Å². The summed E-state index contributed by atoms with van der Waals surface area (Å²) >= 11 is 5.91. The van der Waals surface area contributed by atoms with Crippen molar-refractivity contribution in [3.63, 3.8) is 0 Å². The fourth-order valence-corrected chi connectivity index (χ4v) is 2.55. The van der Waals surface area contributed by atoms with Crippen molar-refractivity contribution in [3.8, 4) is 0 Å². The van der Waals surface area contributed by atoms with Gasteiger partial charge in [-0.1, -0.05) is 18.5 Å². The topological polar surface area (TPSA) is 38.5 Å². The first-order valence-corrected chi connectivity index (χ1v) is 6.32. The number of nitrogens with zero attached hydrogens (tertiary/aromatic N) is 1. The zero-order chi connectivity index (χ0) is 12.4. The Kier molecular flexibility index (Phi) is 3.79. The second-order valence-corrected chi connectivity index (χ2v) is 5.13. The van der Waals surface area contributed by atoms with E-state index in [0.29, 0.717) is 10.9 Å². The molecule has 0 spiro atoms. The van der Waals surface area contributed by atoms with Gasteiger partial charge in [0.1, 0.15) is 0 Å². The van der Waals surface area contributed by atoms with E-state index < -0.39 is 0 Å². The van der Waals surface area contributed by atoms with E-state index in [2.05, 4.69) is 11.8 Å². The number of methoxy groups -OCH3 is 1. The summed E-state index contributed by atoms with van der Waals surface area (Å²) in [6.07, 6.45) is 1.40.